The molecule has 0 bridgehead atoms. The molecule has 0 fully saturated rings. The average molecular weight is 637 g/mol. The van der Waals surface area contributed by atoms with E-state index in [1.807, 2.05) is 0 Å². The Labute approximate surface area is 280 Å². The quantitative estimate of drug-likeness (QED) is 0.175. The van der Waals surface area contributed by atoms with E-state index >= 15 is 0 Å². The Kier molecular flexibility index (Phi) is 13.7. The molecule has 6 heteroatoms. The number of hydrogen-bond donors (Lipinski definition) is 4. The Morgan fingerprint density at radius 1 is 0.500 bits per heavy atom. The van der Waals surface area contributed by atoms with Crippen LogP contribution < -0.4 is 10.6 Å². The van der Waals surface area contributed by atoms with Gasteiger partial charge in [-0.3, -0.25) is 9.59 Å². The maximum atomic E-state index is 12.6. The second kappa shape index (κ2) is 15.9. The van der Waals surface area contributed by atoms with Gasteiger partial charge in [-0.2, -0.15) is 0 Å². The summed E-state index contributed by atoms with van der Waals surface area (Å²) in [4.78, 5) is 25.2. The number of carbonyl (C=O) groups is 2. The van der Waals surface area contributed by atoms with Crippen molar-refractivity contribution in [2.24, 2.45) is 0 Å². The van der Waals surface area contributed by atoms with Crippen molar-refractivity contribution in [3.63, 3.8) is 0 Å². The first-order chi connectivity index (χ1) is 21.0. The summed E-state index contributed by atoms with van der Waals surface area (Å²) in [6, 6.07) is 12.9. The highest BCUT2D eigenvalue weighted by Gasteiger charge is 2.24. The lowest BCUT2D eigenvalue weighted by Crippen LogP contribution is -2.37. The van der Waals surface area contributed by atoms with E-state index in [0.717, 1.165) is 36.8 Å². The zero-order valence-electron chi connectivity index (χ0n) is 31.0. The summed E-state index contributed by atoms with van der Waals surface area (Å²) < 4.78 is 0. The lowest BCUT2D eigenvalue weighted by Gasteiger charge is -2.26. The predicted molar refractivity (Wildman–Crippen MR) is 192 cm³/mol. The first kappa shape index (κ1) is 39.5. The fourth-order valence-corrected chi connectivity index (χ4v) is 5.25. The Morgan fingerprint density at radius 3 is 1.00 bits per heavy atom. The largest absolute Gasteiger partial charge is 0.383 e. The number of amides is 2. The highest BCUT2D eigenvalue weighted by molar-refractivity contribution is 5.81. The molecule has 0 aliphatic rings. The van der Waals surface area contributed by atoms with Crippen LogP contribution in [0.4, 0.5) is 0 Å². The number of aliphatic hydroxyl groups excluding tert-OH is 2. The second-order valence-corrected chi connectivity index (χ2v) is 17.3. The molecule has 258 valence electrons. The molecule has 0 heterocycles. The molecule has 0 saturated carbocycles. The topological polar surface area (TPSA) is 98.7 Å². The number of rotatable bonds is 13. The molecule has 2 amide bonds. The molecule has 2 unspecified atom stereocenters. The van der Waals surface area contributed by atoms with E-state index in [4.69, 9.17) is 0 Å². The van der Waals surface area contributed by atoms with Gasteiger partial charge < -0.3 is 20.8 Å². The normalized spacial score (nSPS) is 14.1. The van der Waals surface area contributed by atoms with Gasteiger partial charge in [-0.1, -0.05) is 132 Å². The second-order valence-electron chi connectivity index (χ2n) is 17.3. The number of unbranched alkanes of at least 4 members (excludes halogenated alkanes) is 3. The monoisotopic (exact) mass is 636 g/mol. The van der Waals surface area contributed by atoms with Crippen molar-refractivity contribution in [1.82, 2.24) is 10.6 Å². The third-order valence-corrected chi connectivity index (χ3v) is 8.62. The van der Waals surface area contributed by atoms with Gasteiger partial charge >= 0.3 is 0 Å². The third kappa shape index (κ3) is 12.8. The van der Waals surface area contributed by atoms with Gasteiger partial charge in [-0.15, -0.1) is 0 Å². The molecule has 6 nitrogen and oxygen atoms in total. The zero-order chi connectivity index (χ0) is 35.1. The molecule has 0 aliphatic heterocycles. The molecular formula is C40H64N2O4. The van der Waals surface area contributed by atoms with Crippen LogP contribution in [0.25, 0.3) is 0 Å². The summed E-state index contributed by atoms with van der Waals surface area (Å²) >= 11 is 0. The Morgan fingerprint density at radius 2 is 0.761 bits per heavy atom. The van der Waals surface area contributed by atoms with Crippen molar-refractivity contribution in [3.05, 3.63) is 69.8 Å². The molecular weight excluding hydrogens is 572 g/mol. The standard InChI is InChI=1S/C40H64N2O4/c1-37(2,3)29-19-27(20-30(25-29)38(4,5)6)23-33(43)35(45)41-17-15-13-14-16-18-42-36(46)34(44)24-28-21-31(39(7,8)9)26-32(22-28)40(10,11)12/h19-22,25-26,33-34,43-44H,13-18,23-24H2,1-12H3,(H,41,45)(H,42,46). The molecule has 2 aromatic rings. The molecule has 2 atom stereocenters. The summed E-state index contributed by atoms with van der Waals surface area (Å²) in [5, 5.41) is 27.0. The summed E-state index contributed by atoms with van der Waals surface area (Å²) in [5.41, 5.74) is 6.65. The van der Waals surface area contributed by atoms with Crippen molar-refractivity contribution in [1.29, 1.82) is 0 Å². The Hall–Kier alpha value is -2.70. The van der Waals surface area contributed by atoms with E-state index in [1.165, 1.54) is 22.3 Å². The number of benzene rings is 2. The number of nitrogens with one attached hydrogen (secondary N) is 2. The molecule has 4 N–H and O–H groups in total. The van der Waals surface area contributed by atoms with E-state index in [9.17, 15) is 19.8 Å². The van der Waals surface area contributed by atoms with E-state index in [-0.39, 0.29) is 46.3 Å². The van der Waals surface area contributed by atoms with Gasteiger partial charge in [-0.25, -0.2) is 0 Å². The number of hydrogen-bond acceptors (Lipinski definition) is 4. The predicted octanol–water partition coefficient (Wildman–Crippen LogP) is 7.18. The maximum absolute atomic E-state index is 12.6. The van der Waals surface area contributed by atoms with Crippen LogP contribution in [0.5, 0.6) is 0 Å². The lowest BCUT2D eigenvalue weighted by molar-refractivity contribution is -0.129. The summed E-state index contributed by atoms with van der Waals surface area (Å²) in [7, 11) is 0. The number of aliphatic hydroxyl groups is 2. The minimum atomic E-state index is -1.10. The van der Waals surface area contributed by atoms with Crippen LogP contribution in [-0.2, 0) is 44.1 Å². The van der Waals surface area contributed by atoms with Crippen molar-refractivity contribution < 1.29 is 19.8 Å². The fraction of sp³-hybridized carbons (Fsp3) is 0.650. The first-order valence-corrected chi connectivity index (χ1v) is 17.2. The van der Waals surface area contributed by atoms with Gasteiger partial charge in [0.15, 0.2) is 0 Å². The van der Waals surface area contributed by atoms with Crippen LogP contribution in [0.3, 0.4) is 0 Å². The minimum absolute atomic E-state index is 0.0268. The van der Waals surface area contributed by atoms with Gasteiger partial charge in [0, 0.05) is 25.9 Å². The maximum Gasteiger partial charge on any atom is 0.249 e. The molecule has 0 aliphatic carbocycles. The summed E-state index contributed by atoms with van der Waals surface area (Å²) in [5.74, 6) is -0.690. The summed E-state index contributed by atoms with van der Waals surface area (Å²) in [6.07, 6.45) is 1.75. The van der Waals surface area contributed by atoms with E-state index in [2.05, 4.69) is 130 Å². The summed E-state index contributed by atoms with van der Waals surface area (Å²) in [6.45, 7) is 27.1. The lowest BCUT2D eigenvalue weighted by atomic mass is 9.79. The minimum Gasteiger partial charge on any atom is -0.383 e. The fourth-order valence-electron chi connectivity index (χ4n) is 5.25. The van der Waals surface area contributed by atoms with Crippen LogP contribution in [0.15, 0.2) is 36.4 Å². The van der Waals surface area contributed by atoms with E-state index in [0.29, 0.717) is 13.1 Å². The van der Waals surface area contributed by atoms with Crippen molar-refractivity contribution in [2.45, 2.75) is 155 Å². The van der Waals surface area contributed by atoms with Crippen molar-refractivity contribution >= 4 is 11.8 Å². The van der Waals surface area contributed by atoms with Gasteiger partial charge in [0.25, 0.3) is 0 Å². The Balaban J connectivity index is 1.75. The van der Waals surface area contributed by atoms with Gasteiger partial charge in [0.2, 0.25) is 11.8 Å². The molecule has 0 radical (unpaired) electrons. The SMILES string of the molecule is CC(C)(C)c1cc(CC(O)C(=O)NCCCCCCNC(=O)C(O)Cc2cc(C(C)(C)C)cc(C(C)(C)C)c2)cc(C(C)(C)C)c1. The Bertz CT molecular complexity index is 1140. The highest BCUT2D eigenvalue weighted by atomic mass is 16.3. The number of carbonyl (C=O) groups excluding carboxylic acids is 2. The average Bonchev–Trinajstić information content (AvgIpc) is 2.91. The van der Waals surface area contributed by atoms with Gasteiger partial charge in [0.1, 0.15) is 12.2 Å². The zero-order valence-corrected chi connectivity index (χ0v) is 31.0. The van der Waals surface area contributed by atoms with Crippen LogP contribution in [0, 0.1) is 0 Å². The molecule has 0 aromatic heterocycles. The molecule has 2 rings (SSSR count). The van der Waals surface area contributed by atoms with Crippen molar-refractivity contribution in [2.75, 3.05) is 13.1 Å². The van der Waals surface area contributed by atoms with E-state index in [1.54, 1.807) is 0 Å². The molecule has 46 heavy (non-hydrogen) atoms. The van der Waals surface area contributed by atoms with E-state index < -0.39 is 12.2 Å². The molecule has 0 spiro atoms. The van der Waals surface area contributed by atoms with Crippen LogP contribution >= 0.6 is 0 Å². The van der Waals surface area contributed by atoms with Gasteiger partial charge in [-0.05, 0) is 67.9 Å². The van der Waals surface area contributed by atoms with Crippen LogP contribution in [0.2, 0.25) is 0 Å². The van der Waals surface area contributed by atoms with Crippen molar-refractivity contribution in [3.8, 4) is 0 Å². The van der Waals surface area contributed by atoms with Crippen LogP contribution in [0.1, 0.15) is 142 Å². The third-order valence-electron chi connectivity index (χ3n) is 8.62. The molecule has 2 aromatic carbocycles. The van der Waals surface area contributed by atoms with Crippen LogP contribution in [-0.4, -0.2) is 47.3 Å². The first-order valence-electron chi connectivity index (χ1n) is 17.2. The smallest absolute Gasteiger partial charge is 0.249 e. The highest BCUT2D eigenvalue weighted by Crippen LogP contribution is 2.32. The molecule has 0 saturated heterocycles. The van der Waals surface area contributed by atoms with Gasteiger partial charge in [0.05, 0.1) is 0 Å².